The minimum Gasteiger partial charge on any atom is -0.263 e. The quantitative estimate of drug-likeness (QED) is 0.454. The van der Waals surface area contributed by atoms with E-state index in [0.29, 0.717) is 0 Å². The summed E-state index contributed by atoms with van der Waals surface area (Å²) >= 11 is 0. The molecular formula is C10H10N2. The van der Waals surface area contributed by atoms with Crippen molar-refractivity contribution in [3.8, 4) is 12.3 Å². The molecule has 0 saturated heterocycles. The van der Waals surface area contributed by atoms with Gasteiger partial charge in [0.2, 0.25) is 0 Å². The van der Waals surface area contributed by atoms with Crippen molar-refractivity contribution in [3.63, 3.8) is 0 Å². The highest BCUT2D eigenvalue weighted by Crippen LogP contribution is 2.20. The van der Waals surface area contributed by atoms with Crippen LogP contribution in [0.1, 0.15) is 18.1 Å². The lowest BCUT2D eigenvalue weighted by molar-refractivity contribution is 1.24. The molecule has 0 aromatic carbocycles. The molecule has 2 nitrogen and oxygen atoms in total. The first-order valence-corrected chi connectivity index (χ1v) is 3.69. The maximum absolute atomic E-state index is 5.29. The van der Waals surface area contributed by atoms with Gasteiger partial charge in [-0.1, -0.05) is 5.92 Å². The highest BCUT2D eigenvalue weighted by molar-refractivity contribution is 5.66. The average molecular weight is 158 g/mol. The van der Waals surface area contributed by atoms with Crippen LogP contribution in [0, 0.1) is 19.3 Å². The third-order valence-corrected chi connectivity index (χ3v) is 1.51. The maximum Gasteiger partial charge on any atom is 0.0842 e. The van der Waals surface area contributed by atoms with Crippen LogP contribution in [-0.2, 0) is 0 Å². The summed E-state index contributed by atoms with van der Waals surface area (Å²) < 4.78 is 0. The molecule has 0 amide bonds. The maximum atomic E-state index is 5.29. The minimum absolute atomic E-state index is 0.744. The zero-order valence-electron chi connectivity index (χ0n) is 7.20. The molecule has 0 bridgehead atoms. The molecule has 1 aromatic heterocycles. The zero-order valence-corrected chi connectivity index (χ0v) is 7.20. The summed E-state index contributed by atoms with van der Waals surface area (Å²) in [6, 6.07) is 0. The molecule has 0 spiro atoms. The molecule has 0 fully saturated rings. The number of rotatable bonds is 1. The summed E-state index contributed by atoms with van der Waals surface area (Å²) in [7, 11) is 0. The molecular weight excluding hydrogens is 148 g/mol. The van der Waals surface area contributed by atoms with Gasteiger partial charge in [0.25, 0.3) is 0 Å². The Labute approximate surface area is 72.4 Å². The van der Waals surface area contributed by atoms with Gasteiger partial charge in [-0.15, -0.1) is 6.42 Å². The minimum atomic E-state index is 0.744. The molecule has 0 aliphatic carbocycles. The van der Waals surface area contributed by atoms with Crippen LogP contribution >= 0.6 is 0 Å². The van der Waals surface area contributed by atoms with Crippen LogP contribution in [0.3, 0.4) is 0 Å². The van der Waals surface area contributed by atoms with E-state index in [1.807, 2.05) is 13.8 Å². The second kappa shape index (κ2) is 3.68. The summed E-state index contributed by atoms with van der Waals surface area (Å²) in [5.41, 5.74) is 2.59. The van der Waals surface area contributed by atoms with Gasteiger partial charge < -0.3 is 0 Å². The highest BCUT2D eigenvalue weighted by Gasteiger charge is 2.00. The molecule has 1 heterocycles. The predicted molar refractivity (Wildman–Crippen MR) is 50.7 cm³/mol. The molecule has 2 heteroatoms. The van der Waals surface area contributed by atoms with Crippen molar-refractivity contribution < 1.29 is 0 Å². The first kappa shape index (κ1) is 8.48. The second-order valence-corrected chi connectivity index (χ2v) is 2.38. The SMILES string of the molecule is C#Cc1cncc(C)c1N=CC. The largest absolute Gasteiger partial charge is 0.263 e. The Balaban J connectivity index is 3.32. The summed E-state index contributed by atoms with van der Waals surface area (Å²) in [5, 5.41) is 0. The fourth-order valence-corrected chi connectivity index (χ4v) is 0.964. The lowest BCUT2D eigenvalue weighted by Crippen LogP contribution is -1.83. The molecule has 0 unspecified atom stereocenters. The van der Waals surface area contributed by atoms with Gasteiger partial charge in [-0.25, -0.2) is 0 Å². The molecule has 1 aromatic rings. The van der Waals surface area contributed by atoms with E-state index in [9.17, 15) is 0 Å². The van der Waals surface area contributed by atoms with Gasteiger partial charge in [-0.3, -0.25) is 9.98 Å². The molecule has 0 N–H and O–H groups in total. The van der Waals surface area contributed by atoms with Crippen LogP contribution in [-0.4, -0.2) is 11.2 Å². The first-order chi connectivity index (χ1) is 5.79. The van der Waals surface area contributed by atoms with Crippen molar-refractivity contribution in [1.82, 2.24) is 4.98 Å². The van der Waals surface area contributed by atoms with Crippen LogP contribution in [0.4, 0.5) is 5.69 Å². The van der Waals surface area contributed by atoms with E-state index in [2.05, 4.69) is 15.9 Å². The van der Waals surface area contributed by atoms with Crippen molar-refractivity contribution in [2.75, 3.05) is 0 Å². The summed E-state index contributed by atoms with van der Waals surface area (Å²) in [6.07, 6.45) is 10.4. The van der Waals surface area contributed by atoms with E-state index in [1.165, 1.54) is 0 Å². The Bertz CT molecular complexity index is 345. The smallest absolute Gasteiger partial charge is 0.0842 e. The van der Waals surface area contributed by atoms with Gasteiger partial charge in [0.1, 0.15) is 0 Å². The van der Waals surface area contributed by atoms with Crippen LogP contribution in [0.2, 0.25) is 0 Å². The lowest BCUT2D eigenvalue weighted by Gasteiger charge is -2.00. The number of pyridine rings is 1. The Morgan fingerprint density at radius 1 is 1.58 bits per heavy atom. The van der Waals surface area contributed by atoms with E-state index in [-0.39, 0.29) is 0 Å². The molecule has 0 saturated carbocycles. The topological polar surface area (TPSA) is 25.2 Å². The summed E-state index contributed by atoms with van der Waals surface area (Å²) in [4.78, 5) is 8.15. The average Bonchev–Trinajstić information content (AvgIpc) is 2.09. The Kier molecular flexibility index (Phi) is 2.60. The molecule has 1 rings (SSSR count). The number of aliphatic imine (C=N–C) groups is 1. The van der Waals surface area contributed by atoms with Gasteiger partial charge in [0.05, 0.1) is 11.3 Å². The fourth-order valence-electron chi connectivity index (χ4n) is 0.964. The van der Waals surface area contributed by atoms with Gasteiger partial charge in [-0.05, 0) is 19.4 Å². The van der Waals surface area contributed by atoms with E-state index in [4.69, 9.17) is 6.42 Å². The standard InChI is InChI=1S/C10H10N2/c1-4-9-7-11-6-8(3)10(9)12-5-2/h1,5-7H,2-3H3. The van der Waals surface area contributed by atoms with Crippen LogP contribution in [0.25, 0.3) is 0 Å². The molecule has 0 aliphatic heterocycles. The number of nitrogens with zero attached hydrogens (tertiary/aromatic N) is 2. The van der Waals surface area contributed by atoms with E-state index in [1.54, 1.807) is 18.6 Å². The first-order valence-electron chi connectivity index (χ1n) is 3.69. The number of terminal acetylenes is 1. The van der Waals surface area contributed by atoms with Crippen LogP contribution in [0.15, 0.2) is 17.4 Å². The molecule has 0 atom stereocenters. The number of aromatic nitrogens is 1. The zero-order chi connectivity index (χ0) is 8.97. The van der Waals surface area contributed by atoms with Gasteiger partial charge >= 0.3 is 0 Å². The number of hydrogen-bond donors (Lipinski definition) is 0. The summed E-state index contributed by atoms with van der Waals surface area (Å²) in [6.45, 7) is 3.80. The highest BCUT2D eigenvalue weighted by atomic mass is 14.7. The lowest BCUT2D eigenvalue weighted by atomic mass is 10.2. The predicted octanol–water partition coefficient (Wildman–Crippen LogP) is 2.09. The molecule has 0 aliphatic rings. The third-order valence-electron chi connectivity index (χ3n) is 1.51. The van der Waals surface area contributed by atoms with Crippen molar-refractivity contribution in [3.05, 3.63) is 23.5 Å². The van der Waals surface area contributed by atoms with E-state index < -0.39 is 0 Å². The number of hydrogen-bond acceptors (Lipinski definition) is 2. The van der Waals surface area contributed by atoms with Crippen LogP contribution in [0.5, 0.6) is 0 Å². The Hall–Kier alpha value is -1.62. The third kappa shape index (κ3) is 1.51. The van der Waals surface area contributed by atoms with Gasteiger partial charge in [0.15, 0.2) is 0 Å². The summed E-state index contributed by atoms with van der Waals surface area (Å²) in [5.74, 6) is 2.54. The second-order valence-electron chi connectivity index (χ2n) is 2.38. The van der Waals surface area contributed by atoms with Crippen molar-refractivity contribution in [2.45, 2.75) is 13.8 Å². The Morgan fingerprint density at radius 3 is 2.92 bits per heavy atom. The monoisotopic (exact) mass is 158 g/mol. The normalized spacial score (nSPS) is 10.1. The van der Waals surface area contributed by atoms with E-state index >= 15 is 0 Å². The van der Waals surface area contributed by atoms with Crippen molar-refractivity contribution in [2.24, 2.45) is 4.99 Å². The molecule has 0 radical (unpaired) electrons. The van der Waals surface area contributed by atoms with Crippen molar-refractivity contribution >= 4 is 11.9 Å². The van der Waals surface area contributed by atoms with Crippen LogP contribution < -0.4 is 0 Å². The van der Waals surface area contributed by atoms with E-state index in [0.717, 1.165) is 16.8 Å². The van der Waals surface area contributed by atoms with Gasteiger partial charge in [-0.2, -0.15) is 0 Å². The van der Waals surface area contributed by atoms with Gasteiger partial charge in [0, 0.05) is 18.6 Å². The van der Waals surface area contributed by atoms with Crippen molar-refractivity contribution in [1.29, 1.82) is 0 Å². The fraction of sp³-hybridized carbons (Fsp3) is 0.200. The Morgan fingerprint density at radius 2 is 2.33 bits per heavy atom. The number of aryl methyl sites for hydroxylation is 1. The molecule has 12 heavy (non-hydrogen) atoms. The molecule has 60 valence electrons.